The van der Waals surface area contributed by atoms with E-state index in [2.05, 4.69) is 22.8 Å². The quantitative estimate of drug-likeness (QED) is 0.769. The molecule has 0 aromatic carbocycles. The highest BCUT2D eigenvalue weighted by Crippen LogP contribution is 2.21. The highest BCUT2D eigenvalue weighted by atomic mass is 32.1. The second-order valence-corrected chi connectivity index (χ2v) is 5.23. The minimum absolute atomic E-state index is 0.0878. The van der Waals surface area contributed by atoms with Gasteiger partial charge in [-0.15, -0.1) is 11.3 Å². The lowest BCUT2D eigenvalue weighted by molar-refractivity contribution is -0.0155. The van der Waals surface area contributed by atoms with Crippen LogP contribution in [0.4, 0.5) is 0 Å². The van der Waals surface area contributed by atoms with Crippen LogP contribution < -0.4 is 5.32 Å². The fourth-order valence-electron chi connectivity index (χ4n) is 1.94. The van der Waals surface area contributed by atoms with Crippen molar-refractivity contribution in [1.82, 2.24) is 5.32 Å². The zero-order chi connectivity index (χ0) is 11.3. The molecule has 1 saturated heterocycles. The molecule has 1 aliphatic rings. The van der Waals surface area contributed by atoms with Crippen molar-refractivity contribution in [2.24, 2.45) is 0 Å². The van der Waals surface area contributed by atoms with Crippen LogP contribution in [-0.2, 0) is 15.9 Å². The average Bonchev–Trinajstić information content (AvgIpc) is 2.97. The topological polar surface area (TPSA) is 30.5 Å². The Morgan fingerprint density at radius 3 is 3.19 bits per heavy atom. The van der Waals surface area contributed by atoms with Crippen LogP contribution >= 0.6 is 11.3 Å². The van der Waals surface area contributed by atoms with Crippen molar-refractivity contribution in [2.75, 3.05) is 33.4 Å². The Bertz CT molecular complexity index is 294. The van der Waals surface area contributed by atoms with Crippen molar-refractivity contribution < 1.29 is 9.47 Å². The SMILES string of the molecule is COC1(CNCCc2cccs2)CCOC1. The van der Waals surface area contributed by atoms with Crippen LogP contribution in [0.15, 0.2) is 17.5 Å². The van der Waals surface area contributed by atoms with E-state index in [1.807, 2.05) is 11.3 Å². The number of nitrogens with one attached hydrogen (secondary N) is 1. The lowest BCUT2D eigenvalue weighted by Gasteiger charge is -2.25. The van der Waals surface area contributed by atoms with Crippen LogP contribution in [0.2, 0.25) is 0 Å². The number of thiophene rings is 1. The number of hydrogen-bond donors (Lipinski definition) is 1. The number of ether oxygens (including phenoxy) is 2. The summed E-state index contributed by atoms with van der Waals surface area (Å²) in [6.45, 7) is 3.43. The molecule has 2 rings (SSSR count). The van der Waals surface area contributed by atoms with Crippen molar-refractivity contribution in [3.8, 4) is 0 Å². The predicted molar refractivity (Wildman–Crippen MR) is 66.1 cm³/mol. The molecule has 0 aliphatic carbocycles. The van der Waals surface area contributed by atoms with E-state index in [9.17, 15) is 0 Å². The molecular formula is C12H19NO2S. The zero-order valence-corrected chi connectivity index (χ0v) is 10.5. The second kappa shape index (κ2) is 5.77. The smallest absolute Gasteiger partial charge is 0.106 e. The van der Waals surface area contributed by atoms with Crippen LogP contribution in [0.5, 0.6) is 0 Å². The minimum atomic E-state index is -0.0878. The summed E-state index contributed by atoms with van der Waals surface area (Å²) in [5, 5.41) is 5.58. The van der Waals surface area contributed by atoms with Crippen LogP contribution in [0.1, 0.15) is 11.3 Å². The predicted octanol–water partition coefficient (Wildman–Crippen LogP) is 1.69. The van der Waals surface area contributed by atoms with Crippen molar-refractivity contribution in [3.05, 3.63) is 22.4 Å². The maximum atomic E-state index is 5.55. The van der Waals surface area contributed by atoms with E-state index in [0.717, 1.165) is 39.1 Å². The first-order valence-electron chi connectivity index (χ1n) is 5.71. The van der Waals surface area contributed by atoms with Crippen molar-refractivity contribution in [2.45, 2.75) is 18.4 Å². The Morgan fingerprint density at radius 2 is 2.56 bits per heavy atom. The molecule has 1 unspecified atom stereocenters. The second-order valence-electron chi connectivity index (χ2n) is 4.20. The summed E-state index contributed by atoms with van der Waals surface area (Å²) in [5.41, 5.74) is -0.0878. The Balaban J connectivity index is 1.67. The van der Waals surface area contributed by atoms with Crippen LogP contribution in [0.3, 0.4) is 0 Å². The molecule has 0 spiro atoms. The number of rotatable bonds is 6. The molecular weight excluding hydrogens is 222 g/mol. The van der Waals surface area contributed by atoms with Gasteiger partial charge >= 0.3 is 0 Å². The summed E-state index contributed by atoms with van der Waals surface area (Å²) >= 11 is 1.81. The van der Waals surface area contributed by atoms with Gasteiger partial charge in [0.2, 0.25) is 0 Å². The lowest BCUT2D eigenvalue weighted by atomic mass is 10.0. The highest BCUT2D eigenvalue weighted by Gasteiger charge is 2.34. The van der Waals surface area contributed by atoms with Gasteiger partial charge in [0.25, 0.3) is 0 Å². The molecule has 0 saturated carbocycles. The molecule has 1 aliphatic heterocycles. The molecule has 1 aromatic rings. The molecule has 0 amide bonds. The van der Waals surface area contributed by atoms with Gasteiger partial charge in [-0.05, 0) is 17.9 Å². The fraction of sp³-hybridized carbons (Fsp3) is 0.667. The lowest BCUT2D eigenvalue weighted by Crippen LogP contribution is -2.43. The van der Waals surface area contributed by atoms with Gasteiger partial charge in [0.15, 0.2) is 0 Å². The maximum absolute atomic E-state index is 5.55. The van der Waals surface area contributed by atoms with E-state index in [1.54, 1.807) is 7.11 Å². The molecule has 1 aromatic heterocycles. The van der Waals surface area contributed by atoms with Gasteiger partial charge < -0.3 is 14.8 Å². The highest BCUT2D eigenvalue weighted by molar-refractivity contribution is 7.09. The summed E-state index contributed by atoms with van der Waals surface area (Å²) in [6, 6.07) is 4.28. The van der Waals surface area contributed by atoms with E-state index >= 15 is 0 Å². The summed E-state index contributed by atoms with van der Waals surface area (Å²) < 4.78 is 10.9. The first-order valence-corrected chi connectivity index (χ1v) is 6.59. The first-order chi connectivity index (χ1) is 7.85. The molecule has 0 radical (unpaired) electrons. The number of hydrogen-bond acceptors (Lipinski definition) is 4. The monoisotopic (exact) mass is 241 g/mol. The minimum Gasteiger partial charge on any atom is -0.378 e. The first kappa shape index (κ1) is 12.0. The third-order valence-corrected chi connectivity index (χ3v) is 4.01. The van der Waals surface area contributed by atoms with Gasteiger partial charge in [-0.25, -0.2) is 0 Å². The normalized spacial score (nSPS) is 25.1. The fourth-order valence-corrected chi connectivity index (χ4v) is 2.65. The largest absolute Gasteiger partial charge is 0.378 e. The Kier molecular flexibility index (Phi) is 4.35. The standard InChI is InChI=1S/C12H19NO2S/c1-14-12(5-7-15-10-12)9-13-6-4-11-3-2-8-16-11/h2-3,8,13H,4-7,9-10H2,1H3. The van der Waals surface area contributed by atoms with Gasteiger partial charge in [-0.2, -0.15) is 0 Å². The van der Waals surface area contributed by atoms with Crippen LogP contribution in [-0.4, -0.2) is 39.0 Å². The molecule has 4 heteroatoms. The Hall–Kier alpha value is -0.420. The van der Waals surface area contributed by atoms with E-state index in [1.165, 1.54) is 4.88 Å². The summed E-state index contributed by atoms with van der Waals surface area (Å²) in [5.74, 6) is 0. The van der Waals surface area contributed by atoms with Crippen molar-refractivity contribution in [3.63, 3.8) is 0 Å². The Morgan fingerprint density at radius 1 is 1.62 bits per heavy atom. The van der Waals surface area contributed by atoms with Crippen molar-refractivity contribution in [1.29, 1.82) is 0 Å². The van der Waals surface area contributed by atoms with E-state index in [-0.39, 0.29) is 5.60 Å². The van der Waals surface area contributed by atoms with Gasteiger partial charge in [0.1, 0.15) is 5.60 Å². The molecule has 0 bridgehead atoms. The van der Waals surface area contributed by atoms with Crippen LogP contribution in [0.25, 0.3) is 0 Å². The Labute approximate surface area is 101 Å². The number of methoxy groups -OCH3 is 1. The molecule has 1 fully saturated rings. The van der Waals surface area contributed by atoms with Crippen molar-refractivity contribution >= 4 is 11.3 Å². The summed E-state index contributed by atoms with van der Waals surface area (Å²) in [7, 11) is 1.77. The maximum Gasteiger partial charge on any atom is 0.106 e. The zero-order valence-electron chi connectivity index (χ0n) is 9.70. The third-order valence-electron chi connectivity index (χ3n) is 3.08. The third kappa shape index (κ3) is 3.04. The van der Waals surface area contributed by atoms with E-state index in [4.69, 9.17) is 9.47 Å². The van der Waals surface area contributed by atoms with Gasteiger partial charge in [0, 0.05) is 38.1 Å². The molecule has 16 heavy (non-hydrogen) atoms. The molecule has 1 atom stereocenters. The molecule has 2 heterocycles. The van der Waals surface area contributed by atoms with Crippen LogP contribution in [0, 0.1) is 0 Å². The van der Waals surface area contributed by atoms with Gasteiger partial charge in [-0.3, -0.25) is 0 Å². The molecule has 3 nitrogen and oxygen atoms in total. The molecule has 90 valence electrons. The van der Waals surface area contributed by atoms with E-state index in [0.29, 0.717) is 0 Å². The van der Waals surface area contributed by atoms with Gasteiger partial charge in [-0.1, -0.05) is 6.07 Å². The summed E-state index contributed by atoms with van der Waals surface area (Å²) in [6.07, 6.45) is 2.09. The molecule has 1 N–H and O–H groups in total. The van der Waals surface area contributed by atoms with E-state index < -0.39 is 0 Å². The average molecular weight is 241 g/mol. The van der Waals surface area contributed by atoms with Gasteiger partial charge in [0.05, 0.1) is 6.61 Å². The summed E-state index contributed by atoms with van der Waals surface area (Å²) in [4.78, 5) is 1.43.